The van der Waals surface area contributed by atoms with Crippen LogP contribution >= 0.6 is 11.6 Å². The molecule has 1 aromatic carbocycles. The number of aliphatic imine (C=N–C) groups is 1. The van der Waals surface area contributed by atoms with Gasteiger partial charge in [0.05, 0.1) is 16.4 Å². The quantitative estimate of drug-likeness (QED) is 0.505. The van der Waals surface area contributed by atoms with Crippen LogP contribution in [-0.2, 0) is 0 Å². The summed E-state index contributed by atoms with van der Waals surface area (Å²) in [5, 5.41) is 9.15. The van der Waals surface area contributed by atoms with E-state index in [1.165, 1.54) is 6.34 Å². The molecular formula is C13H19ClN4O. The van der Waals surface area contributed by atoms with E-state index in [0.29, 0.717) is 10.7 Å². The Morgan fingerprint density at radius 1 is 1.37 bits per heavy atom. The van der Waals surface area contributed by atoms with Crippen molar-refractivity contribution < 1.29 is 5.21 Å². The number of piperazine rings is 1. The lowest BCUT2D eigenvalue weighted by atomic mass is 10.2. The van der Waals surface area contributed by atoms with Gasteiger partial charge in [-0.25, -0.2) is 4.99 Å². The molecule has 1 heterocycles. The fraction of sp³-hybridized carbons (Fsp3) is 0.462. The van der Waals surface area contributed by atoms with Crippen molar-refractivity contribution in [3.05, 3.63) is 23.2 Å². The standard InChI is InChI=1S/C13H19ClN4O/c1-2-17-5-7-18(8-6-17)13-4-3-11(9-12(13)14)15-10-16-19/h3-4,9-10,19H,2,5-8H2,1H3,(H,15,16). The summed E-state index contributed by atoms with van der Waals surface area (Å²) in [4.78, 5) is 8.72. The van der Waals surface area contributed by atoms with Crippen LogP contribution in [0.25, 0.3) is 0 Å². The third kappa shape index (κ3) is 3.59. The van der Waals surface area contributed by atoms with Crippen LogP contribution in [0.15, 0.2) is 23.2 Å². The average Bonchev–Trinajstić information content (AvgIpc) is 2.45. The van der Waals surface area contributed by atoms with Gasteiger partial charge in [-0.15, -0.1) is 0 Å². The van der Waals surface area contributed by atoms with Gasteiger partial charge in [-0.05, 0) is 24.7 Å². The number of hydrogen-bond acceptors (Lipinski definition) is 4. The second kappa shape index (κ2) is 6.75. The Morgan fingerprint density at radius 3 is 2.68 bits per heavy atom. The summed E-state index contributed by atoms with van der Waals surface area (Å²) >= 11 is 6.30. The first-order valence-electron chi connectivity index (χ1n) is 6.43. The molecule has 1 aliphatic heterocycles. The van der Waals surface area contributed by atoms with E-state index in [0.717, 1.165) is 38.4 Å². The summed E-state index contributed by atoms with van der Waals surface area (Å²) < 4.78 is 0. The van der Waals surface area contributed by atoms with E-state index in [4.69, 9.17) is 16.8 Å². The van der Waals surface area contributed by atoms with Gasteiger partial charge in [0.1, 0.15) is 6.34 Å². The summed E-state index contributed by atoms with van der Waals surface area (Å²) in [6.45, 7) is 7.42. The van der Waals surface area contributed by atoms with Crippen LogP contribution in [0.1, 0.15) is 6.92 Å². The van der Waals surface area contributed by atoms with Gasteiger partial charge in [-0.2, -0.15) is 0 Å². The van der Waals surface area contributed by atoms with E-state index in [9.17, 15) is 0 Å². The van der Waals surface area contributed by atoms with Gasteiger partial charge in [0.25, 0.3) is 0 Å². The van der Waals surface area contributed by atoms with E-state index in [1.54, 1.807) is 6.07 Å². The Kier molecular flexibility index (Phi) is 5.01. The molecule has 1 aromatic rings. The Labute approximate surface area is 118 Å². The lowest BCUT2D eigenvalue weighted by Crippen LogP contribution is -2.46. The SMILES string of the molecule is CCN1CCN(c2ccc(N=CNO)cc2Cl)CC1. The summed E-state index contributed by atoms with van der Waals surface area (Å²) in [5.41, 5.74) is 3.63. The van der Waals surface area contributed by atoms with Crippen LogP contribution in [0.3, 0.4) is 0 Å². The number of halogens is 1. The maximum atomic E-state index is 8.46. The minimum absolute atomic E-state index is 0.692. The predicted molar refractivity (Wildman–Crippen MR) is 78.9 cm³/mol. The van der Waals surface area contributed by atoms with Crippen molar-refractivity contribution in [3.63, 3.8) is 0 Å². The highest BCUT2D eigenvalue weighted by molar-refractivity contribution is 6.33. The van der Waals surface area contributed by atoms with E-state index in [2.05, 4.69) is 21.7 Å². The van der Waals surface area contributed by atoms with Gasteiger partial charge >= 0.3 is 0 Å². The molecule has 1 fully saturated rings. The minimum atomic E-state index is 0.692. The minimum Gasteiger partial charge on any atom is -0.368 e. The fourth-order valence-corrected chi connectivity index (χ4v) is 2.54. The van der Waals surface area contributed by atoms with Crippen LogP contribution in [0.5, 0.6) is 0 Å². The molecule has 6 heteroatoms. The molecule has 0 unspecified atom stereocenters. The molecule has 0 amide bonds. The summed E-state index contributed by atoms with van der Waals surface area (Å²) in [6, 6.07) is 5.67. The second-order valence-corrected chi connectivity index (χ2v) is 4.85. The number of rotatable bonds is 4. The summed E-state index contributed by atoms with van der Waals surface area (Å²) in [7, 11) is 0. The first kappa shape index (κ1) is 14.1. The summed E-state index contributed by atoms with van der Waals surface area (Å²) in [5.74, 6) is 0. The second-order valence-electron chi connectivity index (χ2n) is 4.44. The molecule has 0 radical (unpaired) electrons. The molecule has 0 bridgehead atoms. The van der Waals surface area contributed by atoms with Gasteiger partial charge in [0, 0.05) is 26.2 Å². The highest BCUT2D eigenvalue weighted by Crippen LogP contribution is 2.30. The van der Waals surface area contributed by atoms with Crippen molar-refractivity contribution in [1.82, 2.24) is 10.4 Å². The molecule has 0 atom stereocenters. The van der Waals surface area contributed by atoms with E-state index >= 15 is 0 Å². The monoisotopic (exact) mass is 282 g/mol. The fourth-order valence-electron chi connectivity index (χ4n) is 2.24. The molecule has 0 aromatic heterocycles. The van der Waals surface area contributed by atoms with Crippen molar-refractivity contribution in [2.45, 2.75) is 6.92 Å². The van der Waals surface area contributed by atoms with Gasteiger partial charge < -0.3 is 9.80 Å². The number of nitrogens with zero attached hydrogens (tertiary/aromatic N) is 3. The smallest absolute Gasteiger partial charge is 0.113 e. The highest BCUT2D eigenvalue weighted by atomic mass is 35.5. The van der Waals surface area contributed by atoms with Crippen molar-refractivity contribution in [2.24, 2.45) is 4.99 Å². The summed E-state index contributed by atoms with van der Waals surface area (Å²) in [6.07, 6.45) is 1.21. The van der Waals surface area contributed by atoms with E-state index < -0.39 is 0 Å². The Balaban J connectivity index is 2.07. The van der Waals surface area contributed by atoms with Crippen molar-refractivity contribution >= 4 is 29.3 Å². The molecular weight excluding hydrogens is 264 g/mol. The zero-order valence-electron chi connectivity index (χ0n) is 11.0. The van der Waals surface area contributed by atoms with Gasteiger partial charge in [-0.1, -0.05) is 18.5 Å². The third-order valence-corrected chi connectivity index (χ3v) is 3.67. The van der Waals surface area contributed by atoms with Crippen LogP contribution < -0.4 is 10.4 Å². The molecule has 0 saturated carbocycles. The number of likely N-dealkylation sites (N-methyl/N-ethyl adjacent to an activating group) is 1. The Bertz CT molecular complexity index is 444. The Hall–Kier alpha value is -1.30. The normalized spacial score (nSPS) is 17.1. The van der Waals surface area contributed by atoms with Crippen molar-refractivity contribution in [1.29, 1.82) is 0 Å². The van der Waals surface area contributed by atoms with E-state index in [-0.39, 0.29) is 0 Å². The molecule has 2 rings (SSSR count). The number of anilines is 1. The lowest BCUT2D eigenvalue weighted by molar-refractivity contribution is 0.240. The van der Waals surface area contributed by atoms with Crippen LogP contribution in [-0.4, -0.2) is 49.2 Å². The van der Waals surface area contributed by atoms with Crippen molar-refractivity contribution in [2.75, 3.05) is 37.6 Å². The molecule has 1 aliphatic rings. The maximum absolute atomic E-state index is 8.46. The zero-order chi connectivity index (χ0) is 13.7. The molecule has 1 saturated heterocycles. The maximum Gasteiger partial charge on any atom is 0.113 e. The molecule has 2 N–H and O–H groups in total. The average molecular weight is 283 g/mol. The number of hydrogen-bond donors (Lipinski definition) is 2. The number of hydroxylamine groups is 1. The predicted octanol–water partition coefficient (Wildman–Crippen LogP) is 2.12. The molecule has 104 valence electrons. The van der Waals surface area contributed by atoms with Crippen molar-refractivity contribution in [3.8, 4) is 0 Å². The topological polar surface area (TPSA) is 51.1 Å². The number of benzene rings is 1. The van der Waals surface area contributed by atoms with Gasteiger partial charge in [-0.3, -0.25) is 10.7 Å². The largest absolute Gasteiger partial charge is 0.368 e. The third-order valence-electron chi connectivity index (χ3n) is 3.36. The van der Waals surface area contributed by atoms with Crippen LogP contribution in [0.2, 0.25) is 5.02 Å². The highest BCUT2D eigenvalue weighted by Gasteiger charge is 2.17. The van der Waals surface area contributed by atoms with Crippen LogP contribution in [0.4, 0.5) is 11.4 Å². The van der Waals surface area contributed by atoms with Gasteiger partial charge in [0.2, 0.25) is 0 Å². The van der Waals surface area contributed by atoms with Gasteiger partial charge in [0.15, 0.2) is 0 Å². The lowest BCUT2D eigenvalue weighted by Gasteiger charge is -2.35. The van der Waals surface area contributed by atoms with Crippen LogP contribution in [0, 0.1) is 0 Å². The molecule has 5 nitrogen and oxygen atoms in total. The molecule has 0 aliphatic carbocycles. The molecule has 19 heavy (non-hydrogen) atoms. The van der Waals surface area contributed by atoms with E-state index in [1.807, 2.05) is 17.6 Å². The zero-order valence-corrected chi connectivity index (χ0v) is 11.8. The number of nitrogens with one attached hydrogen (secondary N) is 1. The molecule has 0 spiro atoms. The first-order valence-corrected chi connectivity index (χ1v) is 6.81. The Morgan fingerprint density at radius 2 is 2.11 bits per heavy atom. The first-order chi connectivity index (χ1) is 9.24.